The number of benzene rings is 2. The Morgan fingerprint density at radius 2 is 1.78 bits per heavy atom. The molecule has 0 N–H and O–H groups in total. The quantitative estimate of drug-likeness (QED) is 0.229. The number of piperazine rings is 1. The molecule has 0 spiro atoms. The number of aromatic nitrogens is 2. The molecule has 0 unspecified atom stereocenters. The molecule has 0 saturated carbocycles. The van der Waals surface area contributed by atoms with Crippen LogP contribution in [0.4, 0.5) is 15.3 Å². The van der Waals surface area contributed by atoms with Crippen molar-refractivity contribution in [1.29, 1.82) is 0 Å². The fourth-order valence-electron chi connectivity index (χ4n) is 5.29. The van der Waals surface area contributed by atoms with Gasteiger partial charge in [0, 0.05) is 64.0 Å². The van der Waals surface area contributed by atoms with Gasteiger partial charge in [0.15, 0.2) is 0 Å². The summed E-state index contributed by atoms with van der Waals surface area (Å²) in [4.78, 5) is 36.1. The van der Waals surface area contributed by atoms with E-state index in [0.29, 0.717) is 32.9 Å². The van der Waals surface area contributed by atoms with Crippen LogP contribution in [0.1, 0.15) is 18.2 Å². The van der Waals surface area contributed by atoms with Gasteiger partial charge < -0.3 is 23.8 Å². The Morgan fingerprint density at radius 3 is 2.49 bits per heavy atom. The van der Waals surface area contributed by atoms with Crippen molar-refractivity contribution < 1.29 is 19.1 Å². The minimum atomic E-state index is -1.15. The lowest BCUT2D eigenvalue weighted by Crippen LogP contribution is -2.53. The number of amides is 3. The second kappa shape index (κ2) is 12.5. The van der Waals surface area contributed by atoms with Crippen LogP contribution in [0.25, 0.3) is 11.4 Å². The van der Waals surface area contributed by atoms with Gasteiger partial charge in [-0.3, -0.25) is 4.90 Å². The molecular formula is C31H41N5O4Si. The molecular weight excluding hydrogens is 534 g/mol. The summed E-state index contributed by atoms with van der Waals surface area (Å²) in [6.07, 6.45) is 2.46. The number of hydrogen-bond acceptors (Lipinski definition) is 5. The molecule has 1 aromatic heterocycles. The first-order valence-electron chi connectivity index (χ1n) is 14.5. The van der Waals surface area contributed by atoms with Crippen molar-refractivity contribution in [2.45, 2.75) is 58.4 Å². The van der Waals surface area contributed by atoms with Crippen LogP contribution < -0.4 is 4.90 Å². The third-order valence-corrected chi connectivity index (χ3v) is 9.47. The zero-order valence-corrected chi connectivity index (χ0v) is 25.6. The van der Waals surface area contributed by atoms with E-state index in [2.05, 4.69) is 31.1 Å². The van der Waals surface area contributed by atoms with E-state index >= 15 is 0 Å². The number of nitrogens with zero attached hydrogens (tertiary/aromatic N) is 5. The van der Waals surface area contributed by atoms with E-state index in [1.165, 1.54) is 0 Å². The van der Waals surface area contributed by atoms with Crippen LogP contribution in [0.2, 0.25) is 25.7 Å². The lowest BCUT2D eigenvalue weighted by molar-refractivity contribution is 0.0682. The Morgan fingerprint density at radius 1 is 1.02 bits per heavy atom. The van der Waals surface area contributed by atoms with E-state index in [-0.39, 0.29) is 24.8 Å². The molecule has 2 saturated heterocycles. The lowest BCUT2D eigenvalue weighted by atomic mass is 10.1. The van der Waals surface area contributed by atoms with Crippen molar-refractivity contribution in [3.05, 3.63) is 72.1 Å². The molecule has 41 heavy (non-hydrogen) atoms. The molecule has 2 aromatic carbocycles. The topological polar surface area (TPSA) is 80.1 Å². The summed E-state index contributed by atoms with van der Waals surface area (Å²) >= 11 is 0. The van der Waals surface area contributed by atoms with E-state index in [9.17, 15) is 9.59 Å². The number of ether oxygens (including phenoxy) is 2. The first-order valence-corrected chi connectivity index (χ1v) is 18.2. The van der Waals surface area contributed by atoms with Crippen molar-refractivity contribution in [2.24, 2.45) is 0 Å². The molecule has 3 aromatic rings. The summed E-state index contributed by atoms with van der Waals surface area (Å²) in [6.45, 7) is 12.6. The molecule has 2 fully saturated rings. The normalized spacial score (nSPS) is 17.2. The average molecular weight is 576 g/mol. The summed E-state index contributed by atoms with van der Waals surface area (Å²) in [5.41, 5.74) is 3.91. The zero-order chi connectivity index (χ0) is 29.0. The fourth-order valence-corrected chi connectivity index (χ4v) is 6.05. The number of carbonyl (C=O) groups excluding carboxylic acids is 2. The molecule has 1 atom stereocenters. The second-order valence-corrected chi connectivity index (χ2v) is 17.6. The lowest BCUT2D eigenvalue weighted by Gasteiger charge is -2.35. The minimum Gasteiger partial charge on any atom is -0.445 e. The van der Waals surface area contributed by atoms with Gasteiger partial charge in [0.2, 0.25) is 0 Å². The molecule has 3 amide bonds. The third kappa shape index (κ3) is 6.82. The Kier molecular flexibility index (Phi) is 8.79. The highest BCUT2D eigenvalue weighted by atomic mass is 28.3. The van der Waals surface area contributed by atoms with E-state index in [1.54, 1.807) is 9.80 Å². The van der Waals surface area contributed by atoms with Gasteiger partial charge in [-0.1, -0.05) is 56.9 Å². The summed E-state index contributed by atoms with van der Waals surface area (Å²) in [7, 11) is -1.15. The predicted octanol–water partition coefficient (Wildman–Crippen LogP) is 5.69. The smallest absolute Gasteiger partial charge is 0.410 e. The molecule has 9 nitrogen and oxygen atoms in total. The Labute approximate surface area is 243 Å². The number of anilines is 1. The van der Waals surface area contributed by atoms with Gasteiger partial charge in [0.25, 0.3) is 0 Å². The van der Waals surface area contributed by atoms with Gasteiger partial charge in [0.1, 0.15) is 19.2 Å². The molecule has 0 aliphatic carbocycles. The van der Waals surface area contributed by atoms with Gasteiger partial charge in [-0.15, -0.1) is 0 Å². The molecule has 2 aliphatic rings. The Hall–Kier alpha value is -3.63. The van der Waals surface area contributed by atoms with E-state index in [1.807, 2.05) is 65.7 Å². The number of urea groups is 1. The SMILES string of the molecule is CCc1cnc(-c2ccc(N3C[C@@H]4CN(C(=O)OCc5ccccc5)CCN4C3=O)cc2)n1COCC[Si](C)(C)C. The maximum atomic E-state index is 13.3. The molecule has 10 heteroatoms. The highest BCUT2D eigenvalue weighted by molar-refractivity contribution is 6.76. The number of hydrogen-bond donors (Lipinski definition) is 0. The predicted molar refractivity (Wildman–Crippen MR) is 163 cm³/mol. The highest BCUT2D eigenvalue weighted by Crippen LogP contribution is 2.29. The van der Waals surface area contributed by atoms with Crippen molar-refractivity contribution in [2.75, 3.05) is 37.7 Å². The number of imidazole rings is 1. The van der Waals surface area contributed by atoms with Crippen LogP contribution in [0, 0.1) is 0 Å². The summed E-state index contributed by atoms with van der Waals surface area (Å²) in [5.74, 6) is 0.872. The van der Waals surface area contributed by atoms with Crippen molar-refractivity contribution in [3.8, 4) is 11.4 Å². The Bertz CT molecular complexity index is 1340. The first kappa shape index (κ1) is 28.9. The van der Waals surface area contributed by atoms with Gasteiger partial charge >= 0.3 is 12.1 Å². The number of aryl methyl sites for hydroxylation is 1. The third-order valence-electron chi connectivity index (χ3n) is 7.77. The fraction of sp³-hybridized carbons (Fsp3) is 0.452. The molecule has 5 rings (SSSR count). The molecule has 0 radical (unpaired) electrons. The zero-order valence-electron chi connectivity index (χ0n) is 24.6. The standard InChI is InChI=1S/C31H41N5O4Si/c1-5-26-19-32-29(36(26)23-39-17-18-41(2,3)4)25-11-13-27(14-12-25)35-21-28-20-33(15-16-34(28)30(35)37)31(38)40-22-24-9-7-6-8-10-24/h6-14,19,28H,5,15-18,20-23H2,1-4H3/t28-/m0/s1. The van der Waals surface area contributed by atoms with Gasteiger partial charge in [-0.2, -0.15) is 0 Å². The second-order valence-electron chi connectivity index (χ2n) is 12.0. The molecule has 3 heterocycles. The van der Waals surface area contributed by atoms with Crippen molar-refractivity contribution in [3.63, 3.8) is 0 Å². The van der Waals surface area contributed by atoms with Crippen LogP contribution >= 0.6 is 0 Å². The summed E-state index contributed by atoms with van der Waals surface area (Å²) < 4.78 is 13.7. The summed E-state index contributed by atoms with van der Waals surface area (Å²) in [6, 6.07) is 18.7. The van der Waals surface area contributed by atoms with E-state index in [0.717, 1.165) is 47.4 Å². The van der Waals surface area contributed by atoms with Crippen molar-refractivity contribution in [1.82, 2.24) is 19.4 Å². The number of fused-ring (bicyclic) bond motifs is 1. The van der Waals surface area contributed by atoms with Gasteiger partial charge in [-0.05, 0) is 42.3 Å². The van der Waals surface area contributed by atoms with Gasteiger partial charge in [0.05, 0.1) is 6.04 Å². The van der Waals surface area contributed by atoms with Crippen LogP contribution in [0.5, 0.6) is 0 Å². The van der Waals surface area contributed by atoms with E-state index < -0.39 is 8.07 Å². The maximum absolute atomic E-state index is 13.3. The van der Waals surface area contributed by atoms with Crippen LogP contribution in [-0.2, 0) is 29.2 Å². The molecule has 0 bridgehead atoms. The monoisotopic (exact) mass is 575 g/mol. The minimum absolute atomic E-state index is 0.0226. The van der Waals surface area contributed by atoms with Crippen LogP contribution in [0.3, 0.4) is 0 Å². The Balaban J connectivity index is 1.21. The van der Waals surface area contributed by atoms with E-state index in [4.69, 9.17) is 14.5 Å². The molecule has 2 aliphatic heterocycles. The van der Waals surface area contributed by atoms with Crippen molar-refractivity contribution >= 4 is 25.9 Å². The largest absolute Gasteiger partial charge is 0.445 e. The highest BCUT2D eigenvalue weighted by Gasteiger charge is 2.42. The van der Waals surface area contributed by atoms with Crippen LogP contribution in [0.15, 0.2) is 60.8 Å². The first-order chi connectivity index (χ1) is 19.7. The number of rotatable bonds is 10. The summed E-state index contributed by atoms with van der Waals surface area (Å²) in [5, 5.41) is 0. The maximum Gasteiger partial charge on any atom is 0.410 e. The van der Waals surface area contributed by atoms with Crippen LogP contribution in [-0.4, -0.2) is 78.4 Å². The molecule has 218 valence electrons. The average Bonchev–Trinajstić information content (AvgIpc) is 3.54. The van der Waals surface area contributed by atoms with Gasteiger partial charge in [-0.25, -0.2) is 14.6 Å². The number of carbonyl (C=O) groups is 2.